The molecule has 0 bridgehead atoms. The summed E-state index contributed by atoms with van der Waals surface area (Å²) in [5.41, 5.74) is 10.2. The van der Waals surface area contributed by atoms with Crippen molar-refractivity contribution in [3.05, 3.63) is 23.0 Å². The fraction of sp³-hybridized carbons (Fsp3) is 0.636. The molecular weight excluding hydrogens is 174 g/mol. The Morgan fingerprint density at radius 2 is 2.21 bits per heavy atom. The zero-order valence-corrected chi connectivity index (χ0v) is 9.17. The van der Waals surface area contributed by atoms with Gasteiger partial charge in [-0.25, -0.2) is 0 Å². The Hall–Kier alpha value is -0.800. The van der Waals surface area contributed by atoms with Gasteiger partial charge in [0.1, 0.15) is 0 Å². The number of hydrogen-bond acceptors (Lipinski definition) is 2. The van der Waals surface area contributed by atoms with Gasteiger partial charge in [0.05, 0.1) is 0 Å². The molecule has 2 atom stereocenters. The van der Waals surface area contributed by atoms with E-state index in [-0.39, 0.29) is 0 Å². The highest BCUT2D eigenvalue weighted by Crippen LogP contribution is 2.34. The smallest absolute Gasteiger partial charge is 0.0377 e. The van der Waals surface area contributed by atoms with Crippen molar-refractivity contribution >= 4 is 0 Å². The van der Waals surface area contributed by atoms with Crippen molar-refractivity contribution in [2.24, 2.45) is 5.73 Å². The van der Waals surface area contributed by atoms with Crippen LogP contribution in [0.1, 0.15) is 29.3 Å². The summed E-state index contributed by atoms with van der Waals surface area (Å²) < 4.78 is 0. The number of nitrogens with one attached hydrogen (secondary N) is 1. The van der Waals surface area contributed by atoms with Gasteiger partial charge in [-0.2, -0.15) is 0 Å². The second-order valence-corrected chi connectivity index (χ2v) is 4.54. The maximum atomic E-state index is 6.04. The highest BCUT2D eigenvalue weighted by atomic mass is 15.1. The van der Waals surface area contributed by atoms with E-state index in [2.05, 4.69) is 37.1 Å². The molecule has 0 saturated heterocycles. The Kier molecular flexibility index (Phi) is 2.37. The number of nitrogens with zero attached hydrogens (tertiary/aromatic N) is 1. The van der Waals surface area contributed by atoms with Crippen LogP contribution in [0.25, 0.3) is 0 Å². The maximum absolute atomic E-state index is 6.04. The second-order valence-electron chi connectivity index (χ2n) is 4.54. The standard InChI is InChI=1S/C11H19N3/c1-7-6-13-9-4-8(12)5-10(11(7)9)14(2)3/h6,8,10,13H,4-5,12H2,1-3H3. The first-order valence-corrected chi connectivity index (χ1v) is 5.18. The molecule has 14 heavy (non-hydrogen) atoms. The predicted octanol–water partition coefficient (Wildman–Crippen LogP) is 1.20. The summed E-state index contributed by atoms with van der Waals surface area (Å²) in [4.78, 5) is 5.60. The second kappa shape index (κ2) is 3.41. The number of fused-ring (bicyclic) bond motifs is 1. The van der Waals surface area contributed by atoms with Gasteiger partial charge >= 0.3 is 0 Å². The fourth-order valence-corrected chi connectivity index (χ4v) is 2.44. The van der Waals surface area contributed by atoms with Gasteiger partial charge in [0.2, 0.25) is 0 Å². The molecule has 0 radical (unpaired) electrons. The lowest BCUT2D eigenvalue weighted by atomic mass is 9.87. The van der Waals surface area contributed by atoms with Crippen LogP contribution in [-0.2, 0) is 6.42 Å². The van der Waals surface area contributed by atoms with Gasteiger partial charge in [0, 0.05) is 30.4 Å². The molecule has 1 aromatic rings. The van der Waals surface area contributed by atoms with E-state index in [0.717, 1.165) is 12.8 Å². The first-order valence-electron chi connectivity index (χ1n) is 5.18. The van der Waals surface area contributed by atoms with Crippen LogP contribution in [0.2, 0.25) is 0 Å². The summed E-state index contributed by atoms with van der Waals surface area (Å²) in [6, 6.07) is 0.785. The first-order chi connectivity index (χ1) is 6.59. The number of hydrogen-bond donors (Lipinski definition) is 2. The van der Waals surface area contributed by atoms with E-state index < -0.39 is 0 Å². The number of aryl methyl sites for hydroxylation is 1. The van der Waals surface area contributed by atoms with Crippen molar-refractivity contribution in [1.82, 2.24) is 9.88 Å². The summed E-state index contributed by atoms with van der Waals surface area (Å²) in [6.45, 7) is 2.17. The molecule has 0 fully saturated rings. The molecule has 0 aliphatic heterocycles. The van der Waals surface area contributed by atoms with Crippen molar-refractivity contribution in [3.8, 4) is 0 Å². The molecule has 2 rings (SSSR count). The van der Waals surface area contributed by atoms with Gasteiger partial charge in [-0.05, 0) is 38.6 Å². The molecule has 0 spiro atoms. The molecular formula is C11H19N3. The monoisotopic (exact) mass is 193 g/mol. The molecule has 0 aromatic carbocycles. The van der Waals surface area contributed by atoms with Gasteiger partial charge in [0.25, 0.3) is 0 Å². The van der Waals surface area contributed by atoms with Crippen LogP contribution < -0.4 is 5.73 Å². The van der Waals surface area contributed by atoms with Gasteiger partial charge < -0.3 is 15.6 Å². The summed E-state index contributed by atoms with van der Waals surface area (Å²) in [5, 5.41) is 0. The minimum atomic E-state index is 0.299. The highest BCUT2D eigenvalue weighted by molar-refractivity contribution is 5.35. The third-order valence-corrected chi connectivity index (χ3v) is 3.16. The normalized spacial score (nSPS) is 26.6. The van der Waals surface area contributed by atoms with Crippen LogP contribution in [-0.4, -0.2) is 30.0 Å². The topological polar surface area (TPSA) is 45.0 Å². The number of aromatic amines is 1. The minimum absolute atomic E-state index is 0.299. The van der Waals surface area contributed by atoms with Gasteiger partial charge in [-0.3, -0.25) is 0 Å². The Morgan fingerprint density at radius 1 is 1.50 bits per heavy atom. The van der Waals surface area contributed by atoms with E-state index in [0.29, 0.717) is 12.1 Å². The van der Waals surface area contributed by atoms with Crippen LogP contribution in [0.5, 0.6) is 0 Å². The first kappa shape index (κ1) is 9.74. The van der Waals surface area contributed by atoms with Crippen molar-refractivity contribution in [2.45, 2.75) is 31.8 Å². The Morgan fingerprint density at radius 3 is 2.86 bits per heavy atom. The maximum Gasteiger partial charge on any atom is 0.0377 e. The lowest BCUT2D eigenvalue weighted by Gasteiger charge is -2.32. The number of H-pyrrole nitrogens is 1. The van der Waals surface area contributed by atoms with E-state index in [4.69, 9.17) is 5.73 Å². The lowest BCUT2D eigenvalue weighted by Crippen LogP contribution is -2.35. The minimum Gasteiger partial charge on any atom is -0.364 e. The average molecular weight is 193 g/mol. The van der Waals surface area contributed by atoms with Crippen molar-refractivity contribution in [3.63, 3.8) is 0 Å². The fourth-order valence-electron chi connectivity index (χ4n) is 2.44. The Labute approximate surface area is 85.3 Å². The molecule has 3 nitrogen and oxygen atoms in total. The van der Waals surface area contributed by atoms with Crippen LogP contribution in [0.15, 0.2) is 6.20 Å². The van der Waals surface area contributed by atoms with Crippen molar-refractivity contribution in [2.75, 3.05) is 14.1 Å². The summed E-state index contributed by atoms with van der Waals surface area (Å²) in [5.74, 6) is 0. The molecule has 3 heteroatoms. The highest BCUT2D eigenvalue weighted by Gasteiger charge is 2.28. The molecule has 1 heterocycles. The van der Waals surface area contributed by atoms with Crippen molar-refractivity contribution in [1.29, 1.82) is 0 Å². The van der Waals surface area contributed by atoms with E-state index in [1.54, 1.807) is 0 Å². The predicted molar refractivity (Wildman–Crippen MR) is 58.3 cm³/mol. The third-order valence-electron chi connectivity index (χ3n) is 3.16. The van der Waals surface area contributed by atoms with E-state index in [9.17, 15) is 0 Å². The third kappa shape index (κ3) is 1.47. The summed E-state index contributed by atoms with van der Waals surface area (Å²) in [7, 11) is 4.25. The van der Waals surface area contributed by atoms with Gasteiger partial charge in [0.15, 0.2) is 0 Å². The zero-order chi connectivity index (χ0) is 10.3. The van der Waals surface area contributed by atoms with Crippen LogP contribution in [0.3, 0.4) is 0 Å². The van der Waals surface area contributed by atoms with Crippen LogP contribution >= 0.6 is 0 Å². The number of nitrogens with two attached hydrogens (primary N) is 1. The van der Waals surface area contributed by atoms with E-state index in [1.807, 2.05) is 0 Å². The zero-order valence-electron chi connectivity index (χ0n) is 9.17. The largest absolute Gasteiger partial charge is 0.364 e. The quantitative estimate of drug-likeness (QED) is 0.704. The Bertz CT molecular complexity index is 327. The van der Waals surface area contributed by atoms with Crippen molar-refractivity contribution < 1.29 is 0 Å². The molecule has 1 aliphatic carbocycles. The Balaban J connectivity index is 2.41. The summed E-state index contributed by atoms with van der Waals surface area (Å²) in [6.07, 6.45) is 4.16. The molecule has 78 valence electrons. The van der Waals surface area contributed by atoms with Crippen LogP contribution in [0, 0.1) is 6.92 Å². The summed E-state index contributed by atoms with van der Waals surface area (Å²) >= 11 is 0. The van der Waals surface area contributed by atoms with Gasteiger partial charge in [-0.15, -0.1) is 0 Å². The van der Waals surface area contributed by atoms with E-state index >= 15 is 0 Å². The average Bonchev–Trinajstić information content (AvgIpc) is 2.46. The molecule has 1 aliphatic rings. The lowest BCUT2D eigenvalue weighted by molar-refractivity contribution is 0.254. The SMILES string of the molecule is Cc1c[nH]c2c1C(N(C)C)CC(N)C2. The molecule has 1 aromatic heterocycles. The molecule has 2 unspecified atom stereocenters. The molecule has 3 N–H and O–H groups in total. The number of aromatic nitrogens is 1. The molecule has 0 amide bonds. The van der Waals surface area contributed by atoms with E-state index in [1.165, 1.54) is 16.8 Å². The van der Waals surface area contributed by atoms with Crippen LogP contribution in [0.4, 0.5) is 0 Å². The van der Waals surface area contributed by atoms with Gasteiger partial charge in [-0.1, -0.05) is 0 Å². The number of rotatable bonds is 1. The molecule has 0 saturated carbocycles.